The first-order chi connectivity index (χ1) is 13.0. The Labute approximate surface area is 157 Å². The van der Waals surface area contributed by atoms with E-state index in [4.69, 9.17) is 0 Å². The molecule has 27 heavy (non-hydrogen) atoms. The van der Waals surface area contributed by atoms with Crippen LogP contribution in [0.3, 0.4) is 0 Å². The van der Waals surface area contributed by atoms with Crippen LogP contribution in [-0.2, 0) is 7.05 Å². The average molecular weight is 382 g/mol. The van der Waals surface area contributed by atoms with E-state index >= 15 is 0 Å². The maximum atomic E-state index is 12.3. The molecule has 3 aromatic rings. The predicted octanol–water partition coefficient (Wildman–Crippen LogP) is 2.73. The smallest absolute Gasteiger partial charge is 0.283 e. The van der Waals surface area contributed by atoms with E-state index in [0.717, 1.165) is 11.8 Å². The second-order valence-electron chi connectivity index (χ2n) is 5.91. The van der Waals surface area contributed by atoms with Gasteiger partial charge in [-0.15, -0.1) is 10.2 Å². The van der Waals surface area contributed by atoms with Gasteiger partial charge in [-0.1, -0.05) is 18.2 Å². The van der Waals surface area contributed by atoms with Crippen LogP contribution in [0.15, 0.2) is 58.8 Å². The Morgan fingerprint density at radius 2 is 2.04 bits per heavy atom. The van der Waals surface area contributed by atoms with Gasteiger partial charge in [0, 0.05) is 24.4 Å². The van der Waals surface area contributed by atoms with Gasteiger partial charge in [-0.2, -0.15) is 0 Å². The number of aromatic nitrogens is 3. The molecule has 9 nitrogen and oxygen atoms in total. The Morgan fingerprint density at radius 1 is 1.22 bits per heavy atom. The zero-order valence-electron chi connectivity index (χ0n) is 14.1. The number of hydrogen-bond acceptors (Lipinski definition) is 7. The van der Waals surface area contributed by atoms with E-state index in [2.05, 4.69) is 20.8 Å². The lowest BCUT2D eigenvalue weighted by Crippen LogP contribution is -2.38. The summed E-state index contributed by atoms with van der Waals surface area (Å²) in [5.74, 6) is -0.227. The molecule has 2 aromatic carbocycles. The minimum absolute atomic E-state index is 0.0598. The standard InChI is InChI=1S/C17H14N6O3S/c1-22-9-18-21-17(22)27-14-7-6-10(8-13(14)23(25)26)15-19-12-5-3-2-4-11(12)16(24)20-15/h2-9,15,19H,1H3,(H,20,24)/t15-/m1/s1. The first-order valence-corrected chi connectivity index (χ1v) is 8.81. The molecule has 0 radical (unpaired) electrons. The zero-order valence-corrected chi connectivity index (χ0v) is 14.9. The molecule has 1 aliphatic rings. The van der Waals surface area contributed by atoms with Gasteiger partial charge in [0.1, 0.15) is 12.5 Å². The Hall–Kier alpha value is -3.40. The summed E-state index contributed by atoms with van der Waals surface area (Å²) >= 11 is 1.16. The Morgan fingerprint density at radius 3 is 2.78 bits per heavy atom. The number of fused-ring (bicyclic) bond motifs is 1. The summed E-state index contributed by atoms with van der Waals surface area (Å²) < 4.78 is 1.68. The van der Waals surface area contributed by atoms with E-state index in [9.17, 15) is 14.9 Å². The van der Waals surface area contributed by atoms with Crippen LogP contribution in [0.5, 0.6) is 0 Å². The molecule has 10 heteroatoms. The predicted molar refractivity (Wildman–Crippen MR) is 98.5 cm³/mol. The summed E-state index contributed by atoms with van der Waals surface area (Å²) in [7, 11) is 1.77. The lowest BCUT2D eigenvalue weighted by Gasteiger charge is -2.28. The van der Waals surface area contributed by atoms with Crippen LogP contribution >= 0.6 is 11.8 Å². The van der Waals surface area contributed by atoms with E-state index in [1.807, 2.05) is 6.07 Å². The van der Waals surface area contributed by atoms with Gasteiger partial charge in [-0.05, 0) is 30.0 Å². The van der Waals surface area contributed by atoms with E-state index in [0.29, 0.717) is 26.9 Å². The van der Waals surface area contributed by atoms with E-state index in [1.54, 1.807) is 41.9 Å². The number of aryl methyl sites for hydroxylation is 1. The molecule has 4 rings (SSSR count). The van der Waals surface area contributed by atoms with Crippen LogP contribution in [0.25, 0.3) is 0 Å². The number of hydrogen-bond donors (Lipinski definition) is 2. The monoisotopic (exact) mass is 382 g/mol. The number of nitrogens with one attached hydrogen (secondary N) is 2. The summed E-state index contributed by atoms with van der Waals surface area (Å²) in [6, 6.07) is 12.0. The molecule has 2 N–H and O–H groups in total. The molecule has 1 aliphatic heterocycles. The SMILES string of the molecule is Cn1cnnc1Sc1ccc([C@H]2NC(=O)c3ccccc3N2)cc1[N+](=O)[O-]. The minimum atomic E-state index is -0.556. The highest BCUT2D eigenvalue weighted by Crippen LogP contribution is 2.36. The van der Waals surface area contributed by atoms with E-state index < -0.39 is 11.1 Å². The molecular weight excluding hydrogens is 368 g/mol. The highest BCUT2D eigenvalue weighted by molar-refractivity contribution is 7.99. The van der Waals surface area contributed by atoms with Crippen LogP contribution in [0.1, 0.15) is 22.1 Å². The Kier molecular flexibility index (Phi) is 4.24. The van der Waals surface area contributed by atoms with Gasteiger partial charge < -0.3 is 15.2 Å². The molecule has 0 bridgehead atoms. The number of para-hydroxylation sites is 1. The largest absolute Gasteiger partial charge is 0.361 e. The molecule has 1 atom stereocenters. The number of nitrogens with zero attached hydrogens (tertiary/aromatic N) is 4. The van der Waals surface area contributed by atoms with Crippen molar-refractivity contribution in [2.24, 2.45) is 7.05 Å². The molecule has 0 saturated carbocycles. The van der Waals surface area contributed by atoms with Crippen molar-refractivity contribution in [3.05, 3.63) is 70.0 Å². The second kappa shape index (κ2) is 6.72. The highest BCUT2D eigenvalue weighted by atomic mass is 32.2. The molecule has 0 unspecified atom stereocenters. The molecular formula is C17H14N6O3S. The molecule has 0 spiro atoms. The lowest BCUT2D eigenvalue weighted by molar-refractivity contribution is -0.387. The quantitative estimate of drug-likeness (QED) is 0.526. The van der Waals surface area contributed by atoms with Crippen molar-refractivity contribution in [2.75, 3.05) is 5.32 Å². The Balaban J connectivity index is 1.67. The Bertz CT molecular complexity index is 1050. The van der Waals surface area contributed by atoms with Gasteiger partial charge in [0.05, 0.1) is 15.4 Å². The van der Waals surface area contributed by atoms with E-state index in [1.165, 1.54) is 12.4 Å². The number of nitro benzene ring substituents is 1. The molecule has 136 valence electrons. The number of nitro groups is 1. The summed E-state index contributed by atoms with van der Waals surface area (Å²) in [5, 5.41) is 25.9. The number of carbonyl (C=O) groups is 1. The van der Waals surface area contributed by atoms with Crippen molar-refractivity contribution in [3.8, 4) is 0 Å². The fraction of sp³-hybridized carbons (Fsp3) is 0.118. The summed E-state index contributed by atoms with van der Waals surface area (Å²) in [6.45, 7) is 0. The molecule has 2 heterocycles. The third kappa shape index (κ3) is 3.22. The molecule has 0 saturated heterocycles. The number of anilines is 1. The van der Waals surface area contributed by atoms with Gasteiger partial charge >= 0.3 is 0 Å². The van der Waals surface area contributed by atoms with Gasteiger partial charge in [-0.25, -0.2) is 0 Å². The number of carbonyl (C=O) groups excluding carboxylic acids is 1. The summed E-state index contributed by atoms with van der Waals surface area (Å²) in [4.78, 5) is 23.9. The lowest BCUT2D eigenvalue weighted by atomic mass is 10.1. The van der Waals surface area contributed by atoms with Crippen molar-refractivity contribution >= 4 is 29.0 Å². The minimum Gasteiger partial charge on any atom is -0.361 e. The first-order valence-electron chi connectivity index (χ1n) is 7.99. The van der Waals surface area contributed by atoms with Crippen LogP contribution < -0.4 is 10.6 Å². The second-order valence-corrected chi connectivity index (χ2v) is 6.92. The molecule has 1 aromatic heterocycles. The number of rotatable bonds is 4. The van der Waals surface area contributed by atoms with Crippen LogP contribution in [0.2, 0.25) is 0 Å². The third-order valence-corrected chi connectivity index (χ3v) is 5.25. The van der Waals surface area contributed by atoms with Gasteiger partial charge in [0.15, 0.2) is 5.16 Å². The van der Waals surface area contributed by atoms with E-state index in [-0.39, 0.29) is 11.6 Å². The first kappa shape index (κ1) is 17.0. The van der Waals surface area contributed by atoms with Crippen molar-refractivity contribution in [1.82, 2.24) is 20.1 Å². The normalized spacial score (nSPS) is 15.6. The van der Waals surface area contributed by atoms with Crippen molar-refractivity contribution in [3.63, 3.8) is 0 Å². The van der Waals surface area contributed by atoms with Gasteiger partial charge in [0.25, 0.3) is 11.6 Å². The summed E-state index contributed by atoms with van der Waals surface area (Å²) in [6.07, 6.45) is 0.974. The average Bonchev–Trinajstić information content (AvgIpc) is 3.06. The topological polar surface area (TPSA) is 115 Å². The number of benzene rings is 2. The molecule has 0 aliphatic carbocycles. The zero-order chi connectivity index (χ0) is 19.0. The fourth-order valence-corrected chi connectivity index (χ4v) is 3.63. The van der Waals surface area contributed by atoms with Crippen molar-refractivity contribution in [2.45, 2.75) is 16.2 Å². The third-order valence-electron chi connectivity index (χ3n) is 4.13. The maximum Gasteiger partial charge on any atom is 0.283 e. The van der Waals surface area contributed by atoms with Crippen LogP contribution in [-0.4, -0.2) is 25.6 Å². The van der Waals surface area contributed by atoms with Gasteiger partial charge in [0.2, 0.25) is 0 Å². The summed E-state index contributed by atoms with van der Waals surface area (Å²) in [5.41, 5.74) is 1.76. The number of amides is 1. The molecule has 1 amide bonds. The molecule has 0 fully saturated rings. The van der Waals surface area contributed by atoms with Crippen molar-refractivity contribution < 1.29 is 9.72 Å². The maximum absolute atomic E-state index is 12.3. The van der Waals surface area contributed by atoms with Crippen LogP contribution in [0.4, 0.5) is 11.4 Å². The highest BCUT2D eigenvalue weighted by Gasteiger charge is 2.26. The van der Waals surface area contributed by atoms with Crippen molar-refractivity contribution in [1.29, 1.82) is 0 Å². The fourth-order valence-electron chi connectivity index (χ4n) is 2.78. The van der Waals surface area contributed by atoms with Gasteiger partial charge in [-0.3, -0.25) is 14.9 Å². The van der Waals surface area contributed by atoms with Crippen LogP contribution in [0, 0.1) is 10.1 Å².